The number of aliphatic carboxylic acids is 1. The number of fused-ring (bicyclic) bond motifs is 1. The van der Waals surface area contributed by atoms with E-state index in [0.717, 1.165) is 0 Å². The lowest BCUT2D eigenvalue weighted by atomic mass is 9.99. The molecule has 6 heteroatoms. The van der Waals surface area contributed by atoms with Gasteiger partial charge in [0.05, 0.1) is 16.3 Å². The van der Waals surface area contributed by atoms with Crippen molar-refractivity contribution in [3.63, 3.8) is 0 Å². The van der Waals surface area contributed by atoms with Gasteiger partial charge in [0.1, 0.15) is 11.3 Å². The summed E-state index contributed by atoms with van der Waals surface area (Å²) in [5, 5.41) is 10.3. The maximum absolute atomic E-state index is 12.4. The number of carboxylic acid groups (broad SMARTS) is 1. The minimum Gasteiger partial charge on any atom is -0.481 e. The minimum atomic E-state index is -0.955. The summed E-state index contributed by atoms with van der Waals surface area (Å²) >= 11 is 12.0. The lowest BCUT2D eigenvalue weighted by molar-refractivity contribution is -0.138. The fourth-order valence-corrected chi connectivity index (χ4v) is 2.91. The quantitative estimate of drug-likeness (QED) is 0.715. The zero-order chi connectivity index (χ0) is 17.4. The van der Waals surface area contributed by atoms with Gasteiger partial charge in [-0.1, -0.05) is 29.3 Å². The van der Waals surface area contributed by atoms with E-state index in [1.807, 2.05) is 0 Å². The molecule has 0 bridgehead atoms. The van der Waals surface area contributed by atoms with Crippen molar-refractivity contribution in [1.29, 1.82) is 0 Å². The number of carboxylic acids is 1. The molecule has 4 nitrogen and oxygen atoms in total. The van der Waals surface area contributed by atoms with Crippen LogP contribution < -0.4 is 5.43 Å². The second-order valence-electron chi connectivity index (χ2n) is 5.41. The Labute approximate surface area is 147 Å². The molecular formula is C18H12Cl2O4. The third-order valence-corrected chi connectivity index (χ3v) is 4.37. The van der Waals surface area contributed by atoms with Crippen molar-refractivity contribution in [2.75, 3.05) is 0 Å². The van der Waals surface area contributed by atoms with Crippen LogP contribution in [0, 0.1) is 0 Å². The van der Waals surface area contributed by atoms with Gasteiger partial charge in [-0.05, 0) is 42.8 Å². The van der Waals surface area contributed by atoms with Crippen molar-refractivity contribution in [3.8, 4) is 11.3 Å². The number of hydrogen-bond acceptors (Lipinski definition) is 3. The van der Waals surface area contributed by atoms with Crippen molar-refractivity contribution in [2.24, 2.45) is 0 Å². The second-order valence-corrected chi connectivity index (χ2v) is 6.26. The third kappa shape index (κ3) is 3.03. The van der Waals surface area contributed by atoms with Crippen molar-refractivity contribution < 1.29 is 14.3 Å². The van der Waals surface area contributed by atoms with Gasteiger partial charge in [0.2, 0.25) is 0 Å². The van der Waals surface area contributed by atoms with Crippen LogP contribution in [0.3, 0.4) is 0 Å². The zero-order valence-corrected chi connectivity index (χ0v) is 14.1. The van der Waals surface area contributed by atoms with Crippen LogP contribution in [-0.2, 0) is 4.79 Å². The molecule has 122 valence electrons. The molecule has 1 unspecified atom stereocenters. The Hall–Kier alpha value is -2.30. The summed E-state index contributed by atoms with van der Waals surface area (Å²) in [6, 6.07) is 11.0. The van der Waals surface area contributed by atoms with Crippen LogP contribution in [0.2, 0.25) is 10.0 Å². The number of halogens is 2. The van der Waals surface area contributed by atoms with Gasteiger partial charge in [-0.3, -0.25) is 9.59 Å². The summed E-state index contributed by atoms with van der Waals surface area (Å²) in [5.41, 5.74) is 1.20. The van der Waals surface area contributed by atoms with E-state index in [1.54, 1.807) is 43.3 Å². The van der Waals surface area contributed by atoms with Crippen molar-refractivity contribution in [2.45, 2.75) is 12.8 Å². The average Bonchev–Trinajstić information content (AvgIpc) is 2.53. The minimum absolute atomic E-state index is 0.267. The molecular weight excluding hydrogens is 351 g/mol. The number of benzene rings is 2. The predicted molar refractivity (Wildman–Crippen MR) is 94.0 cm³/mol. The second kappa shape index (κ2) is 6.30. The lowest BCUT2D eigenvalue weighted by Crippen LogP contribution is -2.08. The highest BCUT2D eigenvalue weighted by Gasteiger charge is 2.16. The molecule has 1 atom stereocenters. The summed E-state index contributed by atoms with van der Waals surface area (Å²) in [6.07, 6.45) is 0. The molecule has 2 aromatic carbocycles. The molecule has 1 heterocycles. The van der Waals surface area contributed by atoms with Crippen molar-refractivity contribution >= 4 is 40.1 Å². The first-order valence-corrected chi connectivity index (χ1v) is 7.88. The van der Waals surface area contributed by atoms with Crippen LogP contribution in [0.15, 0.2) is 51.7 Å². The third-order valence-electron chi connectivity index (χ3n) is 3.82. The molecule has 0 saturated carbocycles. The van der Waals surface area contributed by atoms with E-state index in [0.29, 0.717) is 37.9 Å². The van der Waals surface area contributed by atoms with Gasteiger partial charge < -0.3 is 9.52 Å². The van der Waals surface area contributed by atoms with E-state index >= 15 is 0 Å². The van der Waals surface area contributed by atoms with Gasteiger partial charge in [-0.15, -0.1) is 0 Å². The van der Waals surface area contributed by atoms with E-state index in [2.05, 4.69) is 0 Å². The Morgan fingerprint density at radius 2 is 1.88 bits per heavy atom. The summed E-state index contributed by atoms with van der Waals surface area (Å²) in [6.45, 7) is 1.56. The fourth-order valence-electron chi connectivity index (χ4n) is 2.41. The first-order chi connectivity index (χ1) is 11.4. The lowest BCUT2D eigenvalue weighted by Gasteiger charge is -2.09. The molecule has 24 heavy (non-hydrogen) atoms. The Kier molecular flexibility index (Phi) is 4.35. The van der Waals surface area contributed by atoms with Gasteiger partial charge in [0.25, 0.3) is 0 Å². The zero-order valence-electron chi connectivity index (χ0n) is 12.5. The molecule has 0 aliphatic carbocycles. The Balaban J connectivity index is 2.16. The Bertz CT molecular complexity index is 1010. The number of rotatable bonds is 3. The monoisotopic (exact) mass is 362 g/mol. The highest BCUT2D eigenvalue weighted by atomic mass is 35.5. The first kappa shape index (κ1) is 16.6. The van der Waals surface area contributed by atoms with E-state index in [1.165, 1.54) is 6.07 Å². The normalized spacial score (nSPS) is 12.3. The highest BCUT2D eigenvalue weighted by Crippen LogP contribution is 2.31. The van der Waals surface area contributed by atoms with E-state index in [9.17, 15) is 9.59 Å². The van der Waals surface area contributed by atoms with Crippen LogP contribution in [0.4, 0.5) is 0 Å². The van der Waals surface area contributed by atoms with Gasteiger partial charge in [0.15, 0.2) is 5.43 Å². The summed E-state index contributed by atoms with van der Waals surface area (Å²) in [5.74, 6) is -1.34. The first-order valence-electron chi connectivity index (χ1n) is 7.13. The summed E-state index contributed by atoms with van der Waals surface area (Å²) < 4.78 is 5.77. The molecule has 1 N–H and O–H groups in total. The Morgan fingerprint density at radius 1 is 1.12 bits per heavy atom. The molecule has 0 spiro atoms. The fraction of sp³-hybridized carbons (Fsp3) is 0.111. The van der Waals surface area contributed by atoms with E-state index in [-0.39, 0.29) is 5.43 Å². The predicted octanol–water partition coefficient (Wildman–Crippen LogP) is 4.95. The molecule has 0 aliphatic heterocycles. The van der Waals surface area contributed by atoms with E-state index < -0.39 is 11.9 Å². The maximum Gasteiger partial charge on any atom is 0.310 e. The standard InChI is InChI=1S/C18H12Cl2O4/c1-9(18(22)23)10-2-5-16-13(6-10)15(21)8-17(24-16)12-4-3-11(19)7-14(12)20/h2-9H,1H3,(H,22,23). The smallest absolute Gasteiger partial charge is 0.310 e. The Morgan fingerprint density at radius 3 is 2.54 bits per heavy atom. The van der Waals surface area contributed by atoms with Gasteiger partial charge in [-0.2, -0.15) is 0 Å². The molecule has 1 aromatic heterocycles. The maximum atomic E-state index is 12.4. The molecule has 3 aromatic rings. The van der Waals surface area contributed by atoms with Crippen LogP contribution in [0.25, 0.3) is 22.3 Å². The van der Waals surface area contributed by atoms with Gasteiger partial charge >= 0.3 is 5.97 Å². The molecule has 0 fully saturated rings. The van der Waals surface area contributed by atoms with Gasteiger partial charge in [0, 0.05) is 16.7 Å². The van der Waals surface area contributed by atoms with Gasteiger partial charge in [-0.25, -0.2) is 0 Å². The van der Waals surface area contributed by atoms with Crippen molar-refractivity contribution in [3.05, 3.63) is 68.3 Å². The van der Waals surface area contributed by atoms with Crippen LogP contribution in [0.1, 0.15) is 18.4 Å². The van der Waals surface area contributed by atoms with Crippen LogP contribution in [0.5, 0.6) is 0 Å². The number of hydrogen-bond donors (Lipinski definition) is 1. The molecule has 0 aliphatic rings. The molecule has 0 amide bonds. The highest BCUT2D eigenvalue weighted by molar-refractivity contribution is 6.36. The molecule has 0 saturated heterocycles. The van der Waals surface area contributed by atoms with Crippen molar-refractivity contribution in [1.82, 2.24) is 0 Å². The topological polar surface area (TPSA) is 67.5 Å². The van der Waals surface area contributed by atoms with Crippen LogP contribution in [-0.4, -0.2) is 11.1 Å². The summed E-state index contributed by atoms with van der Waals surface area (Å²) in [7, 11) is 0. The largest absolute Gasteiger partial charge is 0.481 e. The number of carbonyl (C=O) groups is 1. The molecule has 0 radical (unpaired) electrons. The molecule has 3 rings (SSSR count). The van der Waals surface area contributed by atoms with E-state index in [4.69, 9.17) is 32.7 Å². The summed E-state index contributed by atoms with van der Waals surface area (Å²) in [4.78, 5) is 23.5. The average molecular weight is 363 g/mol. The SMILES string of the molecule is CC(C(=O)O)c1ccc2oc(-c3ccc(Cl)cc3Cl)cc(=O)c2c1. The van der Waals surface area contributed by atoms with Crippen LogP contribution >= 0.6 is 23.2 Å².